The quantitative estimate of drug-likeness (QED) is 0.840. The molecule has 1 atom stereocenters. The van der Waals surface area contributed by atoms with Gasteiger partial charge in [0.25, 0.3) is 0 Å². The molecule has 4 nitrogen and oxygen atoms in total. The van der Waals surface area contributed by atoms with E-state index < -0.39 is 0 Å². The second kappa shape index (κ2) is 6.23. The normalized spacial score (nSPS) is 28.4. The first-order valence-electron chi connectivity index (χ1n) is 7.66. The van der Waals surface area contributed by atoms with Crippen molar-refractivity contribution in [3.8, 4) is 0 Å². The number of amides is 1. The van der Waals surface area contributed by atoms with E-state index in [4.69, 9.17) is 5.11 Å². The summed E-state index contributed by atoms with van der Waals surface area (Å²) >= 11 is 0. The lowest BCUT2D eigenvalue weighted by molar-refractivity contribution is -0.138. The van der Waals surface area contributed by atoms with Crippen molar-refractivity contribution in [2.75, 3.05) is 39.3 Å². The van der Waals surface area contributed by atoms with Crippen molar-refractivity contribution in [2.45, 2.75) is 39.5 Å². The highest BCUT2D eigenvalue weighted by Crippen LogP contribution is 2.43. The average molecular weight is 268 g/mol. The minimum Gasteiger partial charge on any atom is -0.395 e. The van der Waals surface area contributed by atoms with Gasteiger partial charge < -0.3 is 10.0 Å². The van der Waals surface area contributed by atoms with Gasteiger partial charge in [0.2, 0.25) is 5.91 Å². The first-order chi connectivity index (χ1) is 9.04. The van der Waals surface area contributed by atoms with Gasteiger partial charge in [-0.15, -0.1) is 0 Å². The highest BCUT2D eigenvalue weighted by atomic mass is 16.3. The van der Waals surface area contributed by atoms with Gasteiger partial charge in [-0.05, 0) is 31.2 Å². The van der Waals surface area contributed by atoms with Gasteiger partial charge in [-0.25, -0.2) is 0 Å². The number of aliphatic hydroxyl groups is 1. The lowest BCUT2D eigenvalue weighted by Crippen LogP contribution is -2.42. The summed E-state index contributed by atoms with van der Waals surface area (Å²) < 4.78 is 0. The molecule has 0 spiro atoms. The van der Waals surface area contributed by atoms with Crippen LogP contribution in [-0.4, -0.2) is 60.1 Å². The topological polar surface area (TPSA) is 43.8 Å². The maximum Gasteiger partial charge on any atom is 0.226 e. The molecule has 110 valence electrons. The minimum absolute atomic E-state index is 0.175. The summed E-state index contributed by atoms with van der Waals surface area (Å²) in [4.78, 5) is 17.0. The van der Waals surface area contributed by atoms with E-state index in [1.807, 2.05) is 0 Å². The van der Waals surface area contributed by atoms with Crippen molar-refractivity contribution in [3.63, 3.8) is 0 Å². The van der Waals surface area contributed by atoms with Crippen LogP contribution in [0.25, 0.3) is 0 Å². The summed E-state index contributed by atoms with van der Waals surface area (Å²) in [6.07, 6.45) is 4.45. The molecule has 0 aromatic heterocycles. The molecule has 0 aromatic rings. The van der Waals surface area contributed by atoms with Gasteiger partial charge in [0.15, 0.2) is 0 Å². The van der Waals surface area contributed by atoms with E-state index in [2.05, 4.69) is 23.6 Å². The molecule has 2 rings (SSSR count). The Morgan fingerprint density at radius 3 is 2.63 bits per heavy atom. The molecule has 19 heavy (non-hydrogen) atoms. The third-order valence-corrected chi connectivity index (χ3v) is 4.87. The van der Waals surface area contributed by atoms with Crippen molar-refractivity contribution >= 4 is 5.91 Å². The molecule has 1 aliphatic carbocycles. The molecule has 2 aliphatic rings. The monoisotopic (exact) mass is 268 g/mol. The Morgan fingerprint density at radius 1 is 1.21 bits per heavy atom. The molecule has 0 aromatic carbocycles. The van der Waals surface area contributed by atoms with E-state index in [1.165, 1.54) is 12.8 Å². The van der Waals surface area contributed by atoms with Gasteiger partial charge in [0.1, 0.15) is 0 Å². The largest absolute Gasteiger partial charge is 0.395 e. The molecule has 1 saturated carbocycles. The third-order valence-electron chi connectivity index (χ3n) is 4.87. The lowest BCUT2D eigenvalue weighted by Gasteiger charge is -2.31. The van der Waals surface area contributed by atoms with E-state index >= 15 is 0 Å². The highest BCUT2D eigenvalue weighted by molar-refractivity contribution is 5.80. The van der Waals surface area contributed by atoms with Crippen LogP contribution in [0.3, 0.4) is 0 Å². The number of β-amino-alcohol motifs (C(OH)–C–C–N with tert-alkyl or cyclic N) is 1. The van der Waals surface area contributed by atoms with Gasteiger partial charge in [0, 0.05) is 32.1 Å². The second-order valence-electron chi connectivity index (χ2n) is 6.68. The van der Waals surface area contributed by atoms with Crippen molar-refractivity contribution in [3.05, 3.63) is 0 Å². The van der Waals surface area contributed by atoms with Crippen molar-refractivity contribution < 1.29 is 9.90 Å². The molecule has 1 unspecified atom stereocenters. The van der Waals surface area contributed by atoms with Crippen molar-refractivity contribution in [1.29, 1.82) is 0 Å². The van der Waals surface area contributed by atoms with Crippen molar-refractivity contribution in [2.24, 2.45) is 11.3 Å². The molecule has 0 radical (unpaired) electrons. The Labute approximate surface area is 116 Å². The molecule has 2 fully saturated rings. The van der Waals surface area contributed by atoms with Crippen LogP contribution in [-0.2, 0) is 4.79 Å². The summed E-state index contributed by atoms with van der Waals surface area (Å²) in [5, 5.41) is 9.00. The Hall–Kier alpha value is -0.610. The summed E-state index contributed by atoms with van der Waals surface area (Å²) in [5.74, 6) is 0.588. The maximum atomic E-state index is 12.7. The zero-order valence-corrected chi connectivity index (χ0v) is 12.4. The number of aliphatic hydroxyl groups excluding tert-OH is 1. The van der Waals surface area contributed by atoms with E-state index in [0.29, 0.717) is 5.91 Å². The van der Waals surface area contributed by atoms with Gasteiger partial charge in [0.05, 0.1) is 6.61 Å². The van der Waals surface area contributed by atoms with E-state index in [9.17, 15) is 4.79 Å². The second-order valence-corrected chi connectivity index (χ2v) is 6.68. The molecule has 1 amide bonds. The highest BCUT2D eigenvalue weighted by Gasteiger charge is 2.41. The van der Waals surface area contributed by atoms with Crippen LogP contribution in [0, 0.1) is 11.3 Å². The molecule has 1 aliphatic heterocycles. The Balaban J connectivity index is 1.93. The fourth-order valence-electron chi connectivity index (χ4n) is 3.56. The number of hydrogen-bond acceptors (Lipinski definition) is 3. The minimum atomic E-state index is 0.175. The summed E-state index contributed by atoms with van der Waals surface area (Å²) in [6.45, 7) is 9.02. The summed E-state index contributed by atoms with van der Waals surface area (Å²) in [7, 11) is 0. The van der Waals surface area contributed by atoms with Crippen molar-refractivity contribution in [1.82, 2.24) is 9.80 Å². The predicted octanol–water partition coefficient (Wildman–Crippen LogP) is 1.34. The van der Waals surface area contributed by atoms with E-state index in [1.54, 1.807) is 0 Å². The first kappa shape index (κ1) is 14.8. The third kappa shape index (κ3) is 3.48. The van der Waals surface area contributed by atoms with E-state index in [0.717, 1.165) is 45.6 Å². The number of rotatable bonds is 3. The van der Waals surface area contributed by atoms with Crippen LogP contribution >= 0.6 is 0 Å². The molecule has 1 heterocycles. The fourth-order valence-corrected chi connectivity index (χ4v) is 3.56. The number of nitrogens with zero attached hydrogens (tertiary/aromatic N) is 2. The Kier molecular flexibility index (Phi) is 4.85. The van der Waals surface area contributed by atoms with Crippen LogP contribution in [0.5, 0.6) is 0 Å². The molecule has 4 heteroatoms. The Morgan fingerprint density at radius 2 is 2.00 bits per heavy atom. The zero-order valence-electron chi connectivity index (χ0n) is 12.4. The van der Waals surface area contributed by atoms with Crippen LogP contribution < -0.4 is 0 Å². The average Bonchev–Trinajstić information content (AvgIpc) is 2.59. The van der Waals surface area contributed by atoms with Crippen LogP contribution in [0.4, 0.5) is 0 Å². The van der Waals surface area contributed by atoms with Gasteiger partial charge >= 0.3 is 0 Å². The fraction of sp³-hybridized carbons (Fsp3) is 0.933. The van der Waals surface area contributed by atoms with Crippen LogP contribution in [0.2, 0.25) is 0 Å². The van der Waals surface area contributed by atoms with E-state index in [-0.39, 0.29) is 17.9 Å². The van der Waals surface area contributed by atoms with Crippen LogP contribution in [0.1, 0.15) is 39.5 Å². The summed E-state index contributed by atoms with van der Waals surface area (Å²) in [6, 6.07) is 0. The van der Waals surface area contributed by atoms with Gasteiger partial charge in [-0.2, -0.15) is 0 Å². The standard InChI is InChI=1S/C15H28N2O2/c1-15(2)6-3-5-13(15)14(19)17-8-4-7-16(9-10-17)11-12-18/h13,18H,3-12H2,1-2H3. The Bertz CT molecular complexity index is 317. The molecular formula is C15H28N2O2. The van der Waals surface area contributed by atoms with Crippen LogP contribution in [0.15, 0.2) is 0 Å². The van der Waals surface area contributed by atoms with Gasteiger partial charge in [-0.3, -0.25) is 9.69 Å². The smallest absolute Gasteiger partial charge is 0.226 e. The number of hydrogen-bond donors (Lipinski definition) is 1. The van der Waals surface area contributed by atoms with Gasteiger partial charge in [-0.1, -0.05) is 20.3 Å². The first-order valence-corrected chi connectivity index (χ1v) is 7.66. The SMILES string of the molecule is CC1(C)CCCC1C(=O)N1CCCN(CCO)CC1. The molecule has 1 saturated heterocycles. The zero-order chi connectivity index (χ0) is 13.9. The predicted molar refractivity (Wildman–Crippen MR) is 75.8 cm³/mol. The molecular weight excluding hydrogens is 240 g/mol. The lowest BCUT2D eigenvalue weighted by atomic mass is 9.81. The number of carbonyl (C=O) groups is 1. The molecule has 0 bridgehead atoms. The number of carbonyl (C=O) groups excluding carboxylic acids is 1. The summed E-state index contributed by atoms with van der Waals surface area (Å²) in [5.41, 5.74) is 0.175. The maximum absolute atomic E-state index is 12.7. The molecule has 1 N–H and O–H groups in total.